The second-order valence-corrected chi connectivity index (χ2v) is 8.60. The SMILES string of the molecule is Cc1nn(-c2cccc(Br)c2)c2nc(C(=O)O)cc(-c3ccc(N4CCOCC4)cc3)c12. The van der Waals surface area contributed by atoms with Gasteiger partial charge in [0, 0.05) is 23.2 Å². The molecule has 0 aliphatic carbocycles. The van der Waals surface area contributed by atoms with Gasteiger partial charge in [0.15, 0.2) is 11.3 Å². The molecule has 2 aromatic heterocycles. The zero-order valence-corrected chi connectivity index (χ0v) is 19.0. The molecule has 0 amide bonds. The van der Waals surface area contributed by atoms with Crippen molar-refractivity contribution in [3.05, 3.63) is 70.5 Å². The molecule has 2 aromatic carbocycles. The molecule has 32 heavy (non-hydrogen) atoms. The summed E-state index contributed by atoms with van der Waals surface area (Å²) in [6.45, 7) is 5.09. The van der Waals surface area contributed by atoms with Gasteiger partial charge in [-0.05, 0) is 54.4 Å². The Bertz CT molecular complexity index is 1310. The lowest BCUT2D eigenvalue weighted by molar-refractivity contribution is 0.0691. The van der Waals surface area contributed by atoms with Crippen molar-refractivity contribution in [2.75, 3.05) is 31.2 Å². The Morgan fingerprint density at radius 1 is 1.06 bits per heavy atom. The third-order valence-corrected chi connectivity index (χ3v) is 6.13. The van der Waals surface area contributed by atoms with E-state index in [1.54, 1.807) is 10.7 Å². The van der Waals surface area contributed by atoms with E-state index in [2.05, 4.69) is 37.9 Å². The number of carboxylic acid groups (broad SMARTS) is 1. The molecule has 7 nitrogen and oxygen atoms in total. The molecule has 162 valence electrons. The van der Waals surface area contributed by atoms with Crippen molar-refractivity contribution >= 4 is 38.6 Å². The van der Waals surface area contributed by atoms with Gasteiger partial charge in [-0.3, -0.25) is 0 Å². The maximum atomic E-state index is 11.9. The number of hydrogen-bond acceptors (Lipinski definition) is 5. The third-order valence-electron chi connectivity index (χ3n) is 5.64. The fourth-order valence-corrected chi connectivity index (χ4v) is 4.47. The molecule has 1 aliphatic rings. The van der Waals surface area contributed by atoms with E-state index >= 15 is 0 Å². The van der Waals surface area contributed by atoms with Crippen molar-refractivity contribution < 1.29 is 14.6 Å². The summed E-state index contributed by atoms with van der Waals surface area (Å²) in [6.07, 6.45) is 0. The summed E-state index contributed by atoms with van der Waals surface area (Å²) in [6, 6.07) is 17.5. The van der Waals surface area contributed by atoms with Crippen molar-refractivity contribution in [1.82, 2.24) is 14.8 Å². The van der Waals surface area contributed by atoms with Gasteiger partial charge in [-0.25, -0.2) is 14.5 Å². The summed E-state index contributed by atoms with van der Waals surface area (Å²) in [5.74, 6) is -1.07. The minimum absolute atomic E-state index is 0.0131. The first-order valence-corrected chi connectivity index (χ1v) is 11.1. The standard InChI is InChI=1S/C24H21BrN4O3/c1-15-22-20(16-5-7-18(8-6-16)28-9-11-32-12-10-28)14-21(24(30)31)26-23(22)29(27-15)19-4-2-3-17(25)13-19/h2-8,13-14H,9-12H2,1H3,(H,30,31). The summed E-state index contributed by atoms with van der Waals surface area (Å²) >= 11 is 3.49. The predicted molar refractivity (Wildman–Crippen MR) is 127 cm³/mol. The monoisotopic (exact) mass is 492 g/mol. The van der Waals surface area contributed by atoms with Crippen molar-refractivity contribution in [2.24, 2.45) is 0 Å². The quantitative estimate of drug-likeness (QED) is 0.444. The maximum Gasteiger partial charge on any atom is 0.354 e. The van der Waals surface area contributed by atoms with Crippen LogP contribution in [-0.4, -0.2) is 52.1 Å². The van der Waals surface area contributed by atoms with Gasteiger partial charge in [0.25, 0.3) is 0 Å². The highest BCUT2D eigenvalue weighted by molar-refractivity contribution is 9.10. The highest BCUT2D eigenvalue weighted by Gasteiger charge is 2.20. The van der Waals surface area contributed by atoms with Crippen LogP contribution in [0.5, 0.6) is 0 Å². The zero-order chi connectivity index (χ0) is 22.2. The zero-order valence-electron chi connectivity index (χ0n) is 17.5. The minimum Gasteiger partial charge on any atom is -0.477 e. The van der Waals surface area contributed by atoms with Crippen LogP contribution in [0.1, 0.15) is 16.2 Å². The number of aromatic nitrogens is 3. The number of hydrogen-bond donors (Lipinski definition) is 1. The molecule has 1 N–H and O–H groups in total. The van der Waals surface area contributed by atoms with E-state index in [-0.39, 0.29) is 5.69 Å². The summed E-state index contributed by atoms with van der Waals surface area (Å²) < 4.78 is 8.05. The van der Waals surface area contributed by atoms with Gasteiger partial charge >= 0.3 is 5.97 Å². The number of rotatable bonds is 4. The second kappa shape index (κ2) is 8.37. The number of carbonyl (C=O) groups is 1. The molecule has 0 atom stereocenters. The Kier molecular flexibility index (Phi) is 5.40. The lowest BCUT2D eigenvalue weighted by atomic mass is 10.0. The second-order valence-electron chi connectivity index (χ2n) is 7.68. The number of aromatic carboxylic acids is 1. The molecule has 0 radical (unpaired) electrons. The van der Waals surface area contributed by atoms with E-state index in [0.717, 1.165) is 64.4 Å². The number of carboxylic acids is 1. The molecule has 0 saturated carbocycles. The smallest absolute Gasteiger partial charge is 0.354 e. The minimum atomic E-state index is -1.07. The molecule has 0 bridgehead atoms. The van der Waals surface area contributed by atoms with Crippen LogP contribution < -0.4 is 4.90 Å². The molecular formula is C24H21BrN4O3. The van der Waals surface area contributed by atoms with E-state index in [9.17, 15) is 9.90 Å². The number of benzene rings is 2. The number of nitrogens with zero attached hydrogens (tertiary/aromatic N) is 4. The van der Waals surface area contributed by atoms with Crippen LogP contribution in [0, 0.1) is 6.92 Å². The van der Waals surface area contributed by atoms with Gasteiger partial charge < -0.3 is 14.7 Å². The first-order chi connectivity index (χ1) is 15.5. The highest BCUT2D eigenvalue weighted by atomic mass is 79.9. The molecule has 0 spiro atoms. The Hall–Kier alpha value is -3.23. The fourth-order valence-electron chi connectivity index (χ4n) is 4.09. The number of fused-ring (bicyclic) bond motifs is 1. The van der Waals surface area contributed by atoms with Crippen molar-refractivity contribution in [3.63, 3.8) is 0 Å². The molecule has 1 aliphatic heterocycles. The first-order valence-electron chi connectivity index (χ1n) is 10.3. The largest absolute Gasteiger partial charge is 0.477 e. The van der Waals surface area contributed by atoms with E-state index in [1.165, 1.54) is 0 Å². The first kappa shape index (κ1) is 20.7. The number of anilines is 1. The van der Waals surface area contributed by atoms with Gasteiger partial charge in [-0.2, -0.15) is 5.10 Å². The Balaban J connectivity index is 1.66. The van der Waals surface area contributed by atoms with Crippen LogP contribution in [0.4, 0.5) is 5.69 Å². The summed E-state index contributed by atoms with van der Waals surface area (Å²) in [5.41, 5.74) is 4.96. The van der Waals surface area contributed by atoms with E-state index in [1.807, 2.05) is 43.3 Å². The van der Waals surface area contributed by atoms with Crippen LogP contribution in [0.2, 0.25) is 0 Å². The molecule has 1 fully saturated rings. The molecule has 4 aromatic rings. The van der Waals surface area contributed by atoms with Crippen molar-refractivity contribution in [3.8, 4) is 16.8 Å². The molecule has 8 heteroatoms. The van der Waals surface area contributed by atoms with Gasteiger partial charge in [0.1, 0.15) is 0 Å². The van der Waals surface area contributed by atoms with Gasteiger partial charge in [0.2, 0.25) is 0 Å². The number of halogens is 1. The predicted octanol–water partition coefficient (Wildman–Crippen LogP) is 4.69. The highest BCUT2D eigenvalue weighted by Crippen LogP contribution is 2.33. The summed E-state index contributed by atoms with van der Waals surface area (Å²) in [4.78, 5) is 18.6. The number of ether oxygens (including phenoxy) is 1. The van der Waals surface area contributed by atoms with Crippen LogP contribution >= 0.6 is 15.9 Å². The summed E-state index contributed by atoms with van der Waals surface area (Å²) in [5, 5.41) is 15.3. The normalized spacial score (nSPS) is 14.1. The van der Waals surface area contributed by atoms with Crippen molar-refractivity contribution in [1.29, 1.82) is 0 Å². The van der Waals surface area contributed by atoms with Crippen molar-refractivity contribution in [2.45, 2.75) is 6.92 Å². The average molecular weight is 493 g/mol. The van der Waals surface area contributed by atoms with Gasteiger partial charge in [0.05, 0.1) is 30.0 Å². The molecule has 5 rings (SSSR count). The van der Waals surface area contributed by atoms with Gasteiger partial charge in [-0.15, -0.1) is 0 Å². The molecule has 3 heterocycles. The average Bonchev–Trinajstić information content (AvgIpc) is 3.16. The van der Waals surface area contributed by atoms with E-state index in [4.69, 9.17) is 9.84 Å². The number of pyridine rings is 1. The van der Waals surface area contributed by atoms with Crippen LogP contribution in [0.25, 0.3) is 27.8 Å². The fraction of sp³-hybridized carbons (Fsp3) is 0.208. The summed E-state index contributed by atoms with van der Waals surface area (Å²) in [7, 11) is 0. The van der Waals surface area contributed by atoms with Gasteiger partial charge in [-0.1, -0.05) is 34.1 Å². The van der Waals surface area contributed by atoms with Crippen LogP contribution in [0.3, 0.4) is 0 Å². The van der Waals surface area contributed by atoms with Crippen LogP contribution in [-0.2, 0) is 4.74 Å². The van der Waals surface area contributed by atoms with Crippen LogP contribution in [0.15, 0.2) is 59.1 Å². The van der Waals surface area contributed by atoms with E-state index in [0.29, 0.717) is 5.65 Å². The lowest BCUT2D eigenvalue weighted by Gasteiger charge is -2.29. The maximum absolute atomic E-state index is 11.9. The molecule has 1 saturated heterocycles. The molecular weight excluding hydrogens is 472 g/mol. The number of aryl methyl sites for hydroxylation is 1. The number of morpholine rings is 1. The Morgan fingerprint density at radius 3 is 2.50 bits per heavy atom. The Labute approximate surface area is 193 Å². The topological polar surface area (TPSA) is 80.5 Å². The Morgan fingerprint density at radius 2 is 1.81 bits per heavy atom. The van der Waals surface area contributed by atoms with E-state index < -0.39 is 5.97 Å². The third kappa shape index (κ3) is 3.76. The molecule has 0 unspecified atom stereocenters. The lowest BCUT2D eigenvalue weighted by Crippen LogP contribution is -2.36.